The third kappa shape index (κ3) is 10.4. The summed E-state index contributed by atoms with van der Waals surface area (Å²) in [5.74, 6) is 1.45. The number of β-amino-alcohol motifs (C(OH)–C–C–N with tert-alkyl or cyclic N) is 2. The Morgan fingerprint density at radius 1 is 0.613 bits per heavy atom. The molecule has 0 aliphatic carbocycles. The van der Waals surface area contributed by atoms with Crippen LogP contribution < -0.4 is 21.9 Å². The van der Waals surface area contributed by atoms with Gasteiger partial charge in [-0.05, 0) is 76.1 Å². The quantitative estimate of drug-likeness (QED) is 0.514. The summed E-state index contributed by atoms with van der Waals surface area (Å²) < 4.78 is 11.5. The molecular weight excluding hydrogens is 416 g/mol. The first-order valence-corrected chi connectivity index (χ1v) is 11.9. The third-order valence-electron chi connectivity index (χ3n) is 6.04. The topological polar surface area (TPSA) is 65.4 Å². The summed E-state index contributed by atoms with van der Waals surface area (Å²) in [6, 6.07) is 7.43. The molecule has 6 nitrogen and oxygen atoms in total. The van der Waals surface area contributed by atoms with Gasteiger partial charge in [-0.1, -0.05) is 25.7 Å². The van der Waals surface area contributed by atoms with Crippen molar-refractivity contribution in [2.45, 2.75) is 63.6 Å². The average Bonchev–Trinajstić information content (AvgIpc) is 3.16. The zero-order valence-corrected chi connectivity index (χ0v) is 19.5. The minimum Gasteiger partial charge on any atom is -1.00 e. The molecule has 0 radical (unpaired) electrons. The fraction of sp³-hybridized carbons (Fsp3) is 0.750. The van der Waals surface area contributed by atoms with Crippen LogP contribution in [0.4, 0.5) is 0 Å². The van der Waals surface area contributed by atoms with E-state index in [2.05, 4.69) is 9.80 Å². The zero-order valence-electron chi connectivity index (χ0n) is 18.8. The summed E-state index contributed by atoms with van der Waals surface area (Å²) >= 11 is 0. The van der Waals surface area contributed by atoms with Gasteiger partial charge in [0.25, 0.3) is 0 Å². The minimum absolute atomic E-state index is 0. The maximum absolute atomic E-state index is 10.3. The van der Waals surface area contributed by atoms with E-state index in [1.54, 1.807) is 0 Å². The SMILES string of the molecule is OC(COc1ccc(OCC(O)CN2CCCCCC2)cc1)CN1CCCCCC1.[Cl-]. The smallest absolute Gasteiger partial charge is 0.119 e. The monoisotopic (exact) mass is 455 g/mol. The molecule has 1 aromatic carbocycles. The molecule has 2 unspecified atom stereocenters. The number of ether oxygens (including phenoxy) is 2. The molecule has 0 saturated carbocycles. The third-order valence-corrected chi connectivity index (χ3v) is 6.04. The lowest BCUT2D eigenvalue weighted by molar-refractivity contribution is -0.0000108. The van der Waals surface area contributed by atoms with Gasteiger partial charge >= 0.3 is 0 Å². The molecule has 3 rings (SSSR count). The maximum atomic E-state index is 10.3. The number of hydrogen-bond acceptors (Lipinski definition) is 6. The Labute approximate surface area is 193 Å². The molecule has 7 heteroatoms. The van der Waals surface area contributed by atoms with Crippen LogP contribution in [-0.4, -0.2) is 84.7 Å². The van der Waals surface area contributed by atoms with E-state index in [0.29, 0.717) is 26.3 Å². The van der Waals surface area contributed by atoms with Crippen molar-refractivity contribution in [1.29, 1.82) is 0 Å². The van der Waals surface area contributed by atoms with Gasteiger partial charge < -0.3 is 41.9 Å². The fourth-order valence-corrected chi connectivity index (χ4v) is 4.36. The van der Waals surface area contributed by atoms with E-state index < -0.39 is 12.2 Å². The lowest BCUT2D eigenvalue weighted by Crippen LogP contribution is -3.00. The Bertz CT molecular complexity index is 522. The van der Waals surface area contributed by atoms with Crippen LogP contribution in [0, 0.1) is 0 Å². The number of benzene rings is 1. The molecule has 0 amide bonds. The number of aliphatic hydroxyl groups is 2. The predicted octanol–water partition coefficient (Wildman–Crippen LogP) is -0.0780. The van der Waals surface area contributed by atoms with Gasteiger partial charge in [-0.15, -0.1) is 0 Å². The summed E-state index contributed by atoms with van der Waals surface area (Å²) in [6.07, 6.45) is 9.13. The molecule has 2 saturated heterocycles. The van der Waals surface area contributed by atoms with E-state index in [4.69, 9.17) is 9.47 Å². The summed E-state index contributed by atoms with van der Waals surface area (Å²) in [7, 11) is 0. The molecule has 0 bridgehead atoms. The Morgan fingerprint density at radius 2 is 0.935 bits per heavy atom. The van der Waals surface area contributed by atoms with E-state index in [9.17, 15) is 10.2 Å². The summed E-state index contributed by atoms with van der Waals surface area (Å²) in [5, 5.41) is 20.6. The number of rotatable bonds is 10. The van der Waals surface area contributed by atoms with Gasteiger partial charge in [0.15, 0.2) is 0 Å². The van der Waals surface area contributed by atoms with E-state index in [0.717, 1.165) is 37.7 Å². The van der Waals surface area contributed by atoms with Gasteiger partial charge in [0, 0.05) is 13.1 Å². The van der Waals surface area contributed by atoms with Crippen LogP contribution in [0.5, 0.6) is 11.5 Å². The van der Waals surface area contributed by atoms with Crippen molar-refractivity contribution in [3.63, 3.8) is 0 Å². The van der Waals surface area contributed by atoms with Gasteiger partial charge in [0.05, 0.1) is 0 Å². The molecule has 2 fully saturated rings. The first kappa shape index (κ1) is 26.2. The maximum Gasteiger partial charge on any atom is 0.119 e. The van der Waals surface area contributed by atoms with Crippen LogP contribution in [0.15, 0.2) is 24.3 Å². The van der Waals surface area contributed by atoms with E-state index in [-0.39, 0.29) is 12.4 Å². The van der Waals surface area contributed by atoms with Gasteiger partial charge in [-0.3, -0.25) is 0 Å². The van der Waals surface area contributed by atoms with Gasteiger partial charge in [0.1, 0.15) is 36.9 Å². The van der Waals surface area contributed by atoms with E-state index in [1.807, 2.05) is 24.3 Å². The molecule has 0 spiro atoms. The lowest BCUT2D eigenvalue weighted by atomic mass is 10.2. The second-order valence-corrected chi connectivity index (χ2v) is 8.83. The van der Waals surface area contributed by atoms with Crippen molar-refractivity contribution in [2.24, 2.45) is 0 Å². The van der Waals surface area contributed by atoms with Gasteiger partial charge in [-0.25, -0.2) is 0 Å². The second kappa shape index (κ2) is 14.9. The highest BCUT2D eigenvalue weighted by Gasteiger charge is 2.15. The van der Waals surface area contributed by atoms with Crippen molar-refractivity contribution in [3.05, 3.63) is 24.3 Å². The van der Waals surface area contributed by atoms with Crippen LogP contribution >= 0.6 is 0 Å². The van der Waals surface area contributed by atoms with Crippen molar-refractivity contribution >= 4 is 0 Å². The number of nitrogens with zero attached hydrogens (tertiary/aromatic N) is 2. The molecule has 1 aromatic rings. The van der Waals surface area contributed by atoms with Crippen molar-refractivity contribution in [2.75, 3.05) is 52.5 Å². The van der Waals surface area contributed by atoms with Crippen molar-refractivity contribution in [1.82, 2.24) is 9.80 Å². The normalized spacial score (nSPS) is 20.7. The summed E-state index contributed by atoms with van der Waals surface area (Å²) in [6.45, 7) is 6.25. The molecule has 178 valence electrons. The highest BCUT2D eigenvalue weighted by atomic mass is 35.5. The number of likely N-dealkylation sites (tertiary alicyclic amines) is 2. The minimum atomic E-state index is -0.479. The highest BCUT2D eigenvalue weighted by Crippen LogP contribution is 2.18. The molecule has 2 atom stereocenters. The number of hydrogen-bond donors (Lipinski definition) is 2. The Morgan fingerprint density at radius 3 is 1.26 bits per heavy atom. The highest BCUT2D eigenvalue weighted by molar-refractivity contribution is 5.31. The van der Waals surface area contributed by atoms with Crippen molar-refractivity contribution < 1.29 is 32.1 Å². The summed E-state index contributed by atoms with van der Waals surface area (Å²) in [4.78, 5) is 4.68. The molecular formula is C24H40ClN2O4-. The first-order valence-electron chi connectivity index (χ1n) is 11.9. The van der Waals surface area contributed by atoms with Crippen molar-refractivity contribution in [3.8, 4) is 11.5 Å². The molecule has 2 N–H and O–H groups in total. The molecule has 0 aromatic heterocycles. The average molecular weight is 456 g/mol. The van der Waals surface area contributed by atoms with E-state index >= 15 is 0 Å². The van der Waals surface area contributed by atoms with Crippen LogP contribution in [-0.2, 0) is 0 Å². The zero-order chi connectivity index (χ0) is 21.0. The van der Waals surface area contributed by atoms with Crippen LogP contribution in [0.25, 0.3) is 0 Å². The second-order valence-electron chi connectivity index (χ2n) is 8.83. The van der Waals surface area contributed by atoms with Gasteiger partial charge in [-0.2, -0.15) is 0 Å². The molecule has 2 aliphatic rings. The van der Waals surface area contributed by atoms with Crippen LogP contribution in [0.3, 0.4) is 0 Å². The first-order chi connectivity index (χ1) is 14.7. The Balaban J connectivity index is 0.00000341. The van der Waals surface area contributed by atoms with Crippen LogP contribution in [0.1, 0.15) is 51.4 Å². The molecule has 2 aliphatic heterocycles. The summed E-state index contributed by atoms with van der Waals surface area (Å²) in [5.41, 5.74) is 0. The lowest BCUT2D eigenvalue weighted by Gasteiger charge is -2.23. The molecule has 2 heterocycles. The predicted molar refractivity (Wildman–Crippen MR) is 119 cm³/mol. The molecule has 31 heavy (non-hydrogen) atoms. The standard InChI is InChI=1S/C24H40N2O4.ClH/c27-21(17-25-13-5-1-2-6-14-25)19-29-23-9-11-24(12-10-23)30-20-22(28)18-26-15-7-3-4-8-16-26;/h9-12,21-22,27-28H,1-8,13-20H2;1H/p-1. The number of aliphatic hydroxyl groups excluding tert-OH is 2. The van der Waals surface area contributed by atoms with Crippen LogP contribution in [0.2, 0.25) is 0 Å². The fourth-order valence-electron chi connectivity index (χ4n) is 4.36. The van der Waals surface area contributed by atoms with E-state index in [1.165, 1.54) is 51.4 Å². The number of halogens is 1. The Kier molecular flexibility index (Phi) is 12.6. The Hall–Kier alpha value is -1.05. The largest absolute Gasteiger partial charge is 1.00 e. The van der Waals surface area contributed by atoms with Gasteiger partial charge in [0.2, 0.25) is 0 Å².